The Bertz CT molecular complexity index is 213. The molecular formula is C6H14N2O2S. The van der Waals surface area contributed by atoms with Gasteiger partial charge in [0.05, 0.1) is 5.75 Å². The Hall–Kier alpha value is -0.130. The third-order valence-corrected chi connectivity index (χ3v) is 3.24. The van der Waals surface area contributed by atoms with Gasteiger partial charge in [-0.3, -0.25) is 0 Å². The van der Waals surface area contributed by atoms with Gasteiger partial charge in [-0.25, -0.2) is 13.1 Å². The van der Waals surface area contributed by atoms with Crippen molar-refractivity contribution in [2.75, 3.05) is 31.9 Å². The molecule has 1 heterocycles. The Morgan fingerprint density at radius 1 is 1.45 bits per heavy atom. The average molecular weight is 178 g/mol. The summed E-state index contributed by atoms with van der Waals surface area (Å²) in [5.74, 6) is 0.237. The largest absolute Gasteiger partial charge is 0.301 e. The summed E-state index contributed by atoms with van der Waals surface area (Å²) >= 11 is 0. The summed E-state index contributed by atoms with van der Waals surface area (Å²) in [5, 5.41) is 0. The van der Waals surface area contributed by atoms with Crippen molar-refractivity contribution in [1.82, 2.24) is 9.62 Å². The molecule has 1 saturated heterocycles. The molecular weight excluding hydrogens is 164 g/mol. The lowest BCUT2D eigenvalue weighted by atomic mass is 10.5. The number of nitrogens with one attached hydrogen (secondary N) is 1. The van der Waals surface area contributed by atoms with E-state index in [0.717, 1.165) is 13.1 Å². The second kappa shape index (κ2) is 3.51. The monoisotopic (exact) mass is 178 g/mol. The van der Waals surface area contributed by atoms with Crippen LogP contribution in [0.4, 0.5) is 0 Å². The molecule has 1 fully saturated rings. The maximum Gasteiger partial charge on any atom is 0.212 e. The second-order valence-electron chi connectivity index (χ2n) is 2.65. The van der Waals surface area contributed by atoms with Gasteiger partial charge in [-0.2, -0.15) is 0 Å². The van der Waals surface area contributed by atoms with Crippen molar-refractivity contribution < 1.29 is 8.42 Å². The zero-order valence-corrected chi connectivity index (χ0v) is 7.52. The smallest absolute Gasteiger partial charge is 0.212 e. The second-order valence-corrected chi connectivity index (χ2v) is 4.57. The highest BCUT2D eigenvalue weighted by Gasteiger charge is 2.16. The molecule has 0 radical (unpaired) electrons. The number of likely N-dealkylation sites (N-methyl/N-ethyl adjacent to an activating group) is 1. The quantitative estimate of drug-likeness (QED) is 0.574. The summed E-state index contributed by atoms with van der Waals surface area (Å²) in [4.78, 5) is 2.12. The Labute approximate surface area is 67.6 Å². The molecule has 0 aromatic rings. The minimum absolute atomic E-state index is 0.237. The number of hydrogen-bond donors (Lipinski definition) is 1. The van der Waals surface area contributed by atoms with Crippen molar-refractivity contribution in [3.8, 4) is 0 Å². The topological polar surface area (TPSA) is 49.4 Å². The van der Waals surface area contributed by atoms with Crippen LogP contribution in [0.2, 0.25) is 0 Å². The van der Waals surface area contributed by atoms with E-state index in [1.165, 1.54) is 0 Å². The van der Waals surface area contributed by atoms with Crippen LogP contribution in [0.1, 0.15) is 6.92 Å². The molecule has 1 aliphatic rings. The van der Waals surface area contributed by atoms with Gasteiger partial charge in [0, 0.05) is 19.6 Å². The molecule has 1 N–H and O–H groups in total. The van der Waals surface area contributed by atoms with Crippen molar-refractivity contribution in [2.24, 2.45) is 0 Å². The fraction of sp³-hybridized carbons (Fsp3) is 1.00. The van der Waals surface area contributed by atoms with Crippen molar-refractivity contribution in [2.45, 2.75) is 6.92 Å². The maximum absolute atomic E-state index is 11.0. The van der Waals surface area contributed by atoms with Crippen LogP contribution in [0.3, 0.4) is 0 Å². The van der Waals surface area contributed by atoms with Gasteiger partial charge in [0.2, 0.25) is 10.0 Å². The van der Waals surface area contributed by atoms with Gasteiger partial charge in [0.1, 0.15) is 0 Å². The van der Waals surface area contributed by atoms with Crippen LogP contribution in [-0.2, 0) is 10.0 Å². The highest BCUT2D eigenvalue weighted by molar-refractivity contribution is 7.89. The van der Waals surface area contributed by atoms with Crippen molar-refractivity contribution >= 4 is 10.0 Å². The Morgan fingerprint density at radius 2 is 2.18 bits per heavy atom. The molecule has 0 atom stereocenters. The highest BCUT2D eigenvalue weighted by atomic mass is 32.2. The van der Waals surface area contributed by atoms with E-state index in [9.17, 15) is 8.42 Å². The summed E-state index contributed by atoms with van der Waals surface area (Å²) < 4.78 is 24.5. The fourth-order valence-corrected chi connectivity index (χ4v) is 2.15. The van der Waals surface area contributed by atoms with E-state index in [1.54, 1.807) is 0 Å². The van der Waals surface area contributed by atoms with Gasteiger partial charge < -0.3 is 4.90 Å². The third kappa shape index (κ3) is 2.76. The number of sulfonamides is 1. The lowest BCUT2D eigenvalue weighted by Crippen LogP contribution is -2.28. The first kappa shape index (κ1) is 8.96. The number of hydrogen-bond acceptors (Lipinski definition) is 3. The third-order valence-electron chi connectivity index (χ3n) is 1.87. The molecule has 11 heavy (non-hydrogen) atoms. The first-order valence-electron chi connectivity index (χ1n) is 3.84. The first-order chi connectivity index (χ1) is 5.14. The zero-order chi connectivity index (χ0) is 8.32. The van der Waals surface area contributed by atoms with Crippen molar-refractivity contribution in [3.05, 3.63) is 0 Å². The number of rotatable bonds is 1. The lowest BCUT2D eigenvalue weighted by molar-refractivity contribution is 0.317. The van der Waals surface area contributed by atoms with E-state index in [-0.39, 0.29) is 5.75 Å². The predicted molar refractivity (Wildman–Crippen MR) is 43.9 cm³/mol. The molecule has 0 bridgehead atoms. The highest BCUT2D eigenvalue weighted by Crippen LogP contribution is 1.95. The Balaban J connectivity index is 2.53. The van der Waals surface area contributed by atoms with Crippen LogP contribution in [0.15, 0.2) is 0 Å². The molecule has 5 heteroatoms. The van der Waals surface area contributed by atoms with E-state index in [2.05, 4.69) is 9.62 Å². The fourth-order valence-electron chi connectivity index (χ4n) is 1.11. The van der Waals surface area contributed by atoms with E-state index >= 15 is 0 Å². The van der Waals surface area contributed by atoms with E-state index in [0.29, 0.717) is 13.1 Å². The van der Waals surface area contributed by atoms with Crippen LogP contribution >= 0.6 is 0 Å². The van der Waals surface area contributed by atoms with Crippen LogP contribution < -0.4 is 4.72 Å². The molecule has 66 valence electrons. The molecule has 0 unspecified atom stereocenters. The molecule has 0 saturated carbocycles. The first-order valence-corrected chi connectivity index (χ1v) is 5.49. The van der Waals surface area contributed by atoms with Crippen molar-refractivity contribution in [1.29, 1.82) is 0 Å². The molecule has 1 aliphatic heterocycles. The normalized spacial score (nSPS) is 26.3. The number of nitrogens with zero attached hydrogens (tertiary/aromatic N) is 1. The van der Waals surface area contributed by atoms with Crippen LogP contribution in [0, 0.1) is 0 Å². The lowest BCUT2D eigenvalue weighted by Gasteiger charge is -2.14. The summed E-state index contributed by atoms with van der Waals surface area (Å²) in [6.45, 7) is 5.01. The molecule has 1 rings (SSSR count). The molecule has 0 aliphatic carbocycles. The molecule has 4 nitrogen and oxygen atoms in total. The zero-order valence-electron chi connectivity index (χ0n) is 6.71. The maximum atomic E-state index is 11.0. The van der Waals surface area contributed by atoms with Crippen LogP contribution in [0.25, 0.3) is 0 Å². The minimum Gasteiger partial charge on any atom is -0.301 e. The van der Waals surface area contributed by atoms with Gasteiger partial charge in [0.15, 0.2) is 0 Å². The molecule has 0 aromatic heterocycles. The van der Waals surface area contributed by atoms with E-state index < -0.39 is 10.0 Å². The molecule has 0 spiro atoms. The van der Waals surface area contributed by atoms with E-state index in [1.807, 2.05) is 6.92 Å². The van der Waals surface area contributed by atoms with Crippen LogP contribution in [0.5, 0.6) is 0 Å². The van der Waals surface area contributed by atoms with Crippen molar-refractivity contribution in [3.63, 3.8) is 0 Å². The summed E-state index contributed by atoms with van der Waals surface area (Å²) in [5.41, 5.74) is 0. The molecule has 0 amide bonds. The standard InChI is InChI=1S/C6H14N2O2S/c1-2-8-4-3-7-11(9,10)6-5-8/h7H,2-6H2,1H3. The summed E-state index contributed by atoms with van der Waals surface area (Å²) in [7, 11) is -2.95. The average Bonchev–Trinajstić information content (AvgIpc) is 2.10. The predicted octanol–water partition coefficient (Wildman–Crippen LogP) is -0.759. The summed E-state index contributed by atoms with van der Waals surface area (Å²) in [6.07, 6.45) is 0. The van der Waals surface area contributed by atoms with Gasteiger partial charge in [-0.1, -0.05) is 6.92 Å². The molecule has 0 aromatic carbocycles. The summed E-state index contributed by atoms with van der Waals surface area (Å²) in [6, 6.07) is 0. The Kier molecular flexibility index (Phi) is 2.86. The van der Waals surface area contributed by atoms with Gasteiger partial charge in [-0.05, 0) is 6.54 Å². The van der Waals surface area contributed by atoms with Gasteiger partial charge in [-0.15, -0.1) is 0 Å². The minimum atomic E-state index is -2.95. The van der Waals surface area contributed by atoms with Gasteiger partial charge in [0.25, 0.3) is 0 Å². The Morgan fingerprint density at radius 3 is 2.82 bits per heavy atom. The van der Waals surface area contributed by atoms with Crippen LogP contribution in [-0.4, -0.2) is 45.2 Å². The SMILES string of the molecule is CCN1CCNS(=O)(=O)CC1. The van der Waals surface area contributed by atoms with Gasteiger partial charge >= 0.3 is 0 Å². The van der Waals surface area contributed by atoms with E-state index in [4.69, 9.17) is 0 Å².